The molecule has 154 valence electrons. The van der Waals surface area contributed by atoms with E-state index in [4.69, 9.17) is 18.3 Å². The molecule has 0 N–H and O–H groups in total. The van der Waals surface area contributed by atoms with Crippen LogP contribution >= 0.6 is 11.3 Å². The molecule has 0 bridgehead atoms. The fraction of sp³-hybridized carbons (Fsp3) is 0.381. The van der Waals surface area contributed by atoms with Crippen LogP contribution in [-0.4, -0.2) is 31.9 Å². The molecular weight excluding hydrogens is 404 g/mol. The highest BCUT2D eigenvalue weighted by atomic mass is 32.1. The molecule has 0 saturated heterocycles. The molecule has 8 heteroatoms. The second-order valence-electron chi connectivity index (χ2n) is 8.58. The number of rotatable bonds is 5. The molecule has 6 nitrogen and oxygen atoms in total. The van der Waals surface area contributed by atoms with Crippen molar-refractivity contribution in [3.63, 3.8) is 0 Å². The van der Waals surface area contributed by atoms with Crippen molar-refractivity contribution in [3.8, 4) is 28.0 Å². The van der Waals surface area contributed by atoms with Crippen LogP contribution in [0.1, 0.15) is 20.8 Å². The van der Waals surface area contributed by atoms with Crippen molar-refractivity contribution < 1.29 is 18.3 Å². The Labute approximate surface area is 175 Å². The lowest BCUT2D eigenvalue weighted by molar-refractivity contribution is 0.411. The van der Waals surface area contributed by atoms with Gasteiger partial charge in [0, 0.05) is 18.3 Å². The van der Waals surface area contributed by atoms with Gasteiger partial charge in [-0.15, -0.1) is 0 Å². The Bertz CT molecular complexity index is 1150. The van der Waals surface area contributed by atoms with E-state index >= 15 is 0 Å². The second kappa shape index (κ2) is 6.81. The van der Waals surface area contributed by atoms with Gasteiger partial charge in [-0.1, -0.05) is 32.1 Å². The van der Waals surface area contributed by atoms with E-state index in [9.17, 15) is 0 Å². The molecule has 0 aliphatic heterocycles. The third-order valence-corrected chi connectivity index (χ3v) is 10.9. The van der Waals surface area contributed by atoms with Crippen LogP contribution in [0, 0.1) is 0 Å². The van der Waals surface area contributed by atoms with E-state index in [0.717, 1.165) is 32.4 Å². The highest BCUT2D eigenvalue weighted by Gasteiger charge is 2.39. The quantitative estimate of drug-likeness (QED) is 0.352. The zero-order valence-electron chi connectivity index (χ0n) is 17.8. The standard InChI is InChI=1S/C21H26N2O4SSi/c1-21(2,3)29(6,7)27-17-9-13(24-4)8-16-14(17)10-18(26-16)15-11-23-12-19(25-5)28-20(23)22-15/h8-12H,1-7H3. The molecule has 0 unspecified atom stereocenters. The van der Waals surface area contributed by atoms with E-state index in [1.54, 1.807) is 14.2 Å². The number of ether oxygens (including phenoxy) is 2. The summed E-state index contributed by atoms with van der Waals surface area (Å²) in [5, 5.41) is 1.83. The molecule has 3 heterocycles. The topological polar surface area (TPSA) is 58.1 Å². The van der Waals surface area contributed by atoms with E-state index in [1.807, 2.05) is 35.0 Å². The minimum Gasteiger partial charge on any atom is -0.543 e. The summed E-state index contributed by atoms with van der Waals surface area (Å²) >= 11 is 1.49. The number of nitrogens with zero attached hydrogens (tertiary/aromatic N) is 2. The first-order valence-corrected chi connectivity index (χ1v) is 13.2. The predicted molar refractivity (Wildman–Crippen MR) is 119 cm³/mol. The van der Waals surface area contributed by atoms with Crippen molar-refractivity contribution >= 4 is 35.6 Å². The van der Waals surface area contributed by atoms with Gasteiger partial charge in [0.15, 0.2) is 15.8 Å². The summed E-state index contributed by atoms with van der Waals surface area (Å²) in [6.45, 7) is 11.1. The van der Waals surface area contributed by atoms with Gasteiger partial charge < -0.3 is 18.3 Å². The maximum Gasteiger partial charge on any atom is 0.250 e. The molecule has 0 fully saturated rings. The summed E-state index contributed by atoms with van der Waals surface area (Å²) in [6, 6.07) is 5.83. The monoisotopic (exact) mass is 430 g/mol. The molecule has 0 aliphatic carbocycles. The van der Waals surface area contributed by atoms with Gasteiger partial charge in [0.25, 0.3) is 8.32 Å². The first kappa shape index (κ1) is 19.8. The number of aromatic nitrogens is 2. The van der Waals surface area contributed by atoms with Crippen LogP contribution in [0.3, 0.4) is 0 Å². The van der Waals surface area contributed by atoms with Gasteiger partial charge in [-0.05, 0) is 24.2 Å². The van der Waals surface area contributed by atoms with Crippen LogP contribution < -0.4 is 13.9 Å². The van der Waals surface area contributed by atoms with Gasteiger partial charge in [-0.2, -0.15) is 0 Å². The van der Waals surface area contributed by atoms with Crippen molar-refractivity contribution in [2.45, 2.75) is 38.9 Å². The molecule has 4 rings (SSSR count). The molecule has 0 radical (unpaired) electrons. The average Bonchev–Trinajstić information content (AvgIpc) is 3.32. The van der Waals surface area contributed by atoms with E-state index in [1.165, 1.54) is 11.3 Å². The van der Waals surface area contributed by atoms with Crippen molar-refractivity contribution in [1.82, 2.24) is 9.38 Å². The van der Waals surface area contributed by atoms with E-state index in [2.05, 4.69) is 38.8 Å². The highest BCUT2D eigenvalue weighted by Crippen LogP contribution is 2.42. The molecule has 3 aromatic heterocycles. The minimum absolute atomic E-state index is 0.0856. The molecule has 4 aromatic rings. The Morgan fingerprint density at radius 3 is 2.45 bits per heavy atom. The van der Waals surface area contributed by atoms with E-state index in [-0.39, 0.29) is 5.04 Å². The fourth-order valence-corrected chi connectivity index (χ4v) is 4.64. The zero-order chi connectivity index (χ0) is 21.0. The fourth-order valence-electron chi connectivity index (χ4n) is 2.83. The molecule has 1 aromatic carbocycles. The summed E-state index contributed by atoms with van der Waals surface area (Å²) in [4.78, 5) is 5.53. The van der Waals surface area contributed by atoms with Crippen molar-refractivity contribution in [2.75, 3.05) is 14.2 Å². The van der Waals surface area contributed by atoms with Gasteiger partial charge in [0.1, 0.15) is 22.8 Å². The number of imidazole rings is 1. The number of hydrogen-bond acceptors (Lipinski definition) is 6. The van der Waals surface area contributed by atoms with Gasteiger partial charge in [0.05, 0.1) is 25.8 Å². The summed E-state index contributed by atoms with van der Waals surface area (Å²) in [7, 11) is 1.28. The van der Waals surface area contributed by atoms with Gasteiger partial charge in [0.2, 0.25) is 0 Å². The van der Waals surface area contributed by atoms with Gasteiger partial charge >= 0.3 is 0 Å². The summed E-state index contributed by atoms with van der Waals surface area (Å²) < 4.78 is 25.5. The normalized spacial score (nSPS) is 12.7. The number of hydrogen-bond donors (Lipinski definition) is 0. The lowest BCUT2D eigenvalue weighted by Crippen LogP contribution is -2.43. The van der Waals surface area contributed by atoms with Crippen molar-refractivity contribution in [3.05, 3.63) is 30.6 Å². The number of methoxy groups -OCH3 is 2. The van der Waals surface area contributed by atoms with Crippen LogP contribution in [0.2, 0.25) is 18.1 Å². The largest absolute Gasteiger partial charge is 0.543 e. The zero-order valence-corrected chi connectivity index (χ0v) is 19.6. The third kappa shape index (κ3) is 3.51. The smallest absolute Gasteiger partial charge is 0.250 e. The lowest BCUT2D eigenvalue weighted by Gasteiger charge is -2.36. The molecule has 29 heavy (non-hydrogen) atoms. The van der Waals surface area contributed by atoms with Crippen LogP contribution in [0.15, 0.2) is 35.0 Å². The molecule has 0 spiro atoms. The van der Waals surface area contributed by atoms with Crippen molar-refractivity contribution in [2.24, 2.45) is 0 Å². The summed E-state index contributed by atoms with van der Waals surface area (Å²) in [6.07, 6.45) is 3.85. The number of thiazole rings is 1. The van der Waals surface area contributed by atoms with E-state index in [0.29, 0.717) is 11.5 Å². The van der Waals surface area contributed by atoms with Crippen LogP contribution in [0.4, 0.5) is 0 Å². The first-order chi connectivity index (χ1) is 13.6. The highest BCUT2D eigenvalue weighted by molar-refractivity contribution is 7.18. The Balaban J connectivity index is 1.80. The Morgan fingerprint density at radius 2 is 1.83 bits per heavy atom. The number of fused-ring (bicyclic) bond motifs is 2. The minimum atomic E-state index is -2.02. The molecule has 0 amide bonds. The van der Waals surface area contributed by atoms with Crippen LogP contribution in [0.5, 0.6) is 16.6 Å². The predicted octanol–water partition coefficient (Wildman–Crippen LogP) is 6.21. The van der Waals surface area contributed by atoms with Crippen LogP contribution in [-0.2, 0) is 0 Å². The Hall–Kier alpha value is -2.45. The lowest BCUT2D eigenvalue weighted by atomic mass is 10.2. The Kier molecular flexibility index (Phi) is 4.66. The summed E-state index contributed by atoms with van der Waals surface area (Å²) in [5.41, 5.74) is 1.49. The maximum absolute atomic E-state index is 6.60. The number of furan rings is 1. The SMILES string of the molecule is COc1cc(O[Si](C)(C)C(C)(C)C)c2cc(-c3cn4cc(OC)sc4n3)oc2c1. The second-order valence-corrected chi connectivity index (χ2v) is 14.3. The van der Waals surface area contributed by atoms with Crippen molar-refractivity contribution in [1.29, 1.82) is 0 Å². The summed E-state index contributed by atoms with van der Waals surface area (Å²) in [5.74, 6) is 2.20. The Morgan fingerprint density at radius 1 is 1.07 bits per heavy atom. The molecular formula is C21H26N2O4SSi. The third-order valence-electron chi connectivity index (χ3n) is 5.57. The van der Waals surface area contributed by atoms with Gasteiger partial charge in [-0.3, -0.25) is 4.40 Å². The molecule has 0 aliphatic rings. The maximum atomic E-state index is 6.60. The molecule has 0 atom stereocenters. The number of benzene rings is 1. The van der Waals surface area contributed by atoms with E-state index < -0.39 is 8.32 Å². The van der Waals surface area contributed by atoms with Crippen LogP contribution in [0.25, 0.3) is 27.4 Å². The van der Waals surface area contributed by atoms with Gasteiger partial charge in [-0.25, -0.2) is 4.98 Å². The molecule has 0 saturated carbocycles. The average molecular weight is 431 g/mol. The first-order valence-electron chi connectivity index (χ1n) is 9.45.